The summed E-state index contributed by atoms with van der Waals surface area (Å²) >= 11 is 0. The monoisotopic (exact) mass is 280 g/mol. The molecular formula is C10H20N2O5S. The Morgan fingerprint density at radius 3 is 2.22 bits per heavy atom. The molecule has 0 aliphatic rings. The van der Waals surface area contributed by atoms with Gasteiger partial charge in [0.25, 0.3) is 0 Å². The summed E-state index contributed by atoms with van der Waals surface area (Å²) in [6.07, 6.45) is 1.35. The fourth-order valence-corrected chi connectivity index (χ4v) is 2.56. The summed E-state index contributed by atoms with van der Waals surface area (Å²) in [5.74, 6) is -1.28. The second-order valence-electron chi connectivity index (χ2n) is 4.32. The van der Waals surface area contributed by atoms with Gasteiger partial charge in [-0.25, -0.2) is 18.0 Å². The molecule has 7 nitrogen and oxygen atoms in total. The second kappa shape index (κ2) is 6.58. The summed E-state index contributed by atoms with van der Waals surface area (Å²) in [5.41, 5.74) is 0. The molecule has 0 aromatic carbocycles. The standard InChI is InChI=1S/C10H20N2O5S/c1-5-8(9(13)14)12(3)10(15)11-7(2)6-18(4,16)17/h7-8H,5-6H2,1-4H3,(H,11,15)(H,13,14). The molecule has 18 heavy (non-hydrogen) atoms. The third-order valence-corrected chi connectivity index (χ3v) is 3.49. The maximum atomic E-state index is 11.7. The average Bonchev–Trinajstić information content (AvgIpc) is 2.14. The number of rotatable bonds is 6. The van der Waals surface area contributed by atoms with Crippen molar-refractivity contribution in [1.82, 2.24) is 10.2 Å². The lowest BCUT2D eigenvalue weighted by molar-refractivity contribution is -0.141. The smallest absolute Gasteiger partial charge is 0.326 e. The van der Waals surface area contributed by atoms with Crippen molar-refractivity contribution >= 4 is 21.8 Å². The highest BCUT2D eigenvalue weighted by Gasteiger charge is 2.25. The molecule has 0 saturated heterocycles. The summed E-state index contributed by atoms with van der Waals surface area (Å²) in [4.78, 5) is 23.6. The summed E-state index contributed by atoms with van der Waals surface area (Å²) in [6.45, 7) is 3.21. The minimum Gasteiger partial charge on any atom is -0.480 e. The van der Waals surface area contributed by atoms with Crippen molar-refractivity contribution in [2.45, 2.75) is 32.4 Å². The number of carbonyl (C=O) groups is 2. The van der Waals surface area contributed by atoms with Gasteiger partial charge in [0.05, 0.1) is 5.75 Å². The zero-order valence-corrected chi connectivity index (χ0v) is 11.8. The van der Waals surface area contributed by atoms with Crippen LogP contribution in [0.3, 0.4) is 0 Å². The zero-order valence-electron chi connectivity index (χ0n) is 11.0. The van der Waals surface area contributed by atoms with Crippen molar-refractivity contribution < 1.29 is 23.1 Å². The molecule has 2 unspecified atom stereocenters. The van der Waals surface area contributed by atoms with Gasteiger partial charge in [0.15, 0.2) is 0 Å². The van der Waals surface area contributed by atoms with E-state index >= 15 is 0 Å². The van der Waals surface area contributed by atoms with Crippen molar-refractivity contribution in [3.05, 3.63) is 0 Å². The van der Waals surface area contributed by atoms with Gasteiger partial charge < -0.3 is 15.3 Å². The van der Waals surface area contributed by atoms with Gasteiger partial charge in [-0.2, -0.15) is 0 Å². The molecule has 0 fully saturated rings. The topological polar surface area (TPSA) is 104 Å². The zero-order chi connectivity index (χ0) is 14.5. The number of carbonyl (C=O) groups excluding carboxylic acids is 1. The van der Waals surface area contributed by atoms with Gasteiger partial charge in [0.1, 0.15) is 15.9 Å². The van der Waals surface area contributed by atoms with Crippen LogP contribution in [0.4, 0.5) is 4.79 Å². The van der Waals surface area contributed by atoms with Crippen molar-refractivity contribution in [2.75, 3.05) is 19.1 Å². The number of amides is 2. The molecule has 8 heteroatoms. The van der Waals surface area contributed by atoms with Crippen LogP contribution in [0.2, 0.25) is 0 Å². The Labute approximate surface area is 107 Å². The number of hydrogen-bond acceptors (Lipinski definition) is 4. The first kappa shape index (κ1) is 16.7. The molecule has 0 aromatic rings. The minimum atomic E-state index is -3.19. The van der Waals surface area contributed by atoms with Crippen LogP contribution >= 0.6 is 0 Å². The molecule has 0 aromatic heterocycles. The highest BCUT2D eigenvalue weighted by Crippen LogP contribution is 2.03. The third-order valence-electron chi connectivity index (χ3n) is 2.38. The molecule has 106 valence electrons. The highest BCUT2D eigenvalue weighted by atomic mass is 32.2. The summed E-state index contributed by atoms with van der Waals surface area (Å²) in [6, 6.07) is -2.09. The van der Waals surface area contributed by atoms with Crippen LogP contribution in [-0.2, 0) is 14.6 Å². The first-order valence-corrected chi connectivity index (χ1v) is 7.58. The van der Waals surface area contributed by atoms with Gasteiger partial charge in [-0.3, -0.25) is 0 Å². The number of sulfone groups is 1. The van der Waals surface area contributed by atoms with Crippen molar-refractivity contribution in [3.63, 3.8) is 0 Å². The summed E-state index contributed by atoms with van der Waals surface area (Å²) in [5, 5.41) is 11.3. The van der Waals surface area contributed by atoms with Crippen LogP contribution in [0.25, 0.3) is 0 Å². The number of aliphatic carboxylic acids is 1. The average molecular weight is 280 g/mol. The Bertz CT molecular complexity index is 406. The highest BCUT2D eigenvalue weighted by molar-refractivity contribution is 7.90. The van der Waals surface area contributed by atoms with Crippen molar-refractivity contribution in [2.24, 2.45) is 0 Å². The molecule has 0 bridgehead atoms. The van der Waals surface area contributed by atoms with E-state index in [1.54, 1.807) is 13.8 Å². The van der Waals surface area contributed by atoms with Gasteiger partial charge in [0.2, 0.25) is 0 Å². The largest absolute Gasteiger partial charge is 0.480 e. The molecule has 2 atom stereocenters. The van der Waals surface area contributed by atoms with Crippen molar-refractivity contribution in [1.29, 1.82) is 0 Å². The summed E-state index contributed by atoms with van der Waals surface area (Å²) < 4.78 is 22.1. The molecule has 2 N–H and O–H groups in total. The van der Waals surface area contributed by atoms with Crippen LogP contribution in [0, 0.1) is 0 Å². The Morgan fingerprint density at radius 1 is 1.39 bits per heavy atom. The van der Waals surface area contributed by atoms with Gasteiger partial charge in [-0.15, -0.1) is 0 Å². The molecule has 0 rings (SSSR count). The first-order chi connectivity index (χ1) is 8.08. The van der Waals surface area contributed by atoms with Crippen LogP contribution in [-0.4, -0.2) is 61.6 Å². The van der Waals surface area contributed by atoms with Crippen LogP contribution in [0.1, 0.15) is 20.3 Å². The molecular weight excluding hydrogens is 260 g/mol. The number of hydrogen-bond donors (Lipinski definition) is 2. The molecule has 0 radical (unpaired) electrons. The van der Waals surface area contributed by atoms with E-state index in [0.717, 1.165) is 11.2 Å². The number of nitrogens with one attached hydrogen (secondary N) is 1. The van der Waals surface area contributed by atoms with E-state index in [1.165, 1.54) is 7.05 Å². The van der Waals surface area contributed by atoms with E-state index in [9.17, 15) is 18.0 Å². The van der Waals surface area contributed by atoms with Gasteiger partial charge in [-0.1, -0.05) is 6.92 Å². The maximum absolute atomic E-state index is 11.7. The maximum Gasteiger partial charge on any atom is 0.326 e. The second-order valence-corrected chi connectivity index (χ2v) is 6.50. The lowest BCUT2D eigenvalue weighted by Crippen LogP contribution is -2.50. The predicted octanol–water partition coefficient (Wildman–Crippen LogP) is -0.0759. The minimum absolute atomic E-state index is 0.184. The molecule has 2 amide bonds. The summed E-state index contributed by atoms with van der Waals surface area (Å²) in [7, 11) is -1.82. The fourth-order valence-electron chi connectivity index (χ4n) is 1.56. The Morgan fingerprint density at radius 2 is 1.89 bits per heavy atom. The number of nitrogens with zero attached hydrogens (tertiary/aromatic N) is 1. The van der Waals surface area contributed by atoms with Crippen molar-refractivity contribution in [3.8, 4) is 0 Å². The Kier molecular flexibility index (Phi) is 6.10. The lowest BCUT2D eigenvalue weighted by Gasteiger charge is -2.25. The fraction of sp³-hybridized carbons (Fsp3) is 0.800. The van der Waals surface area contributed by atoms with Gasteiger partial charge in [-0.05, 0) is 13.3 Å². The Hall–Kier alpha value is -1.31. The molecule has 0 heterocycles. The SMILES string of the molecule is CCC(C(=O)O)N(C)C(=O)NC(C)CS(C)(=O)=O. The van der Waals surface area contributed by atoms with Crippen LogP contribution < -0.4 is 5.32 Å². The van der Waals surface area contributed by atoms with Gasteiger partial charge in [0, 0.05) is 19.3 Å². The molecule has 0 aliphatic carbocycles. The third kappa shape index (κ3) is 5.85. The molecule has 0 saturated carbocycles. The normalized spacial score (nSPS) is 14.7. The van der Waals surface area contributed by atoms with Crippen LogP contribution in [0.15, 0.2) is 0 Å². The number of carboxylic acid groups (broad SMARTS) is 1. The van der Waals surface area contributed by atoms with E-state index in [4.69, 9.17) is 5.11 Å². The lowest BCUT2D eigenvalue weighted by atomic mass is 10.2. The number of likely N-dealkylation sites (N-methyl/N-ethyl adjacent to an activating group) is 1. The van der Waals surface area contributed by atoms with Crippen LogP contribution in [0.5, 0.6) is 0 Å². The molecule has 0 aliphatic heterocycles. The van der Waals surface area contributed by atoms with E-state index in [2.05, 4.69) is 5.32 Å². The Balaban J connectivity index is 4.53. The molecule has 0 spiro atoms. The van der Waals surface area contributed by atoms with E-state index in [1.807, 2.05) is 0 Å². The number of urea groups is 1. The van der Waals surface area contributed by atoms with E-state index < -0.39 is 33.9 Å². The quantitative estimate of drug-likeness (QED) is 0.708. The first-order valence-electron chi connectivity index (χ1n) is 5.52. The predicted molar refractivity (Wildman–Crippen MR) is 67.2 cm³/mol. The number of carboxylic acids is 1. The van der Waals surface area contributed by atoms with E-state index in [-0.39, 0.29) is 12.2 Å². The van der Waals surface area contributed by atoms with Gasteiger partial charge >= 0.3 is 12.0 Å². The van der Waals surface area contributed by atoms with E-state index in [0.29, 0.717) is 0 Å².